The number of piperidine rings is 1. The van der Waals surface area contributed by atoms with E-state index in [0.717, 1.165) is 0 Å². The van der Waals surface area contributed by atoms with Gasteiger partial charge in [0.1, 0.15) is 0 Å². The van der Waals surface area contributed by atoms with Crippen molar-refractivity contribution in [2.75, 3.05) is 7.05 Å². The van der Waals surface area contributed by atoms with E-state index in [-0.39, 0.29) is 6.10 Å². The second kappa shape index (κ2) is 2.57. The van der Waals surface area contributed by atoms with E-state index in [0.29, 0.717) is 23.9 Å². The van der Waals surface area contributed by atoms with Crippen LogP contribution in [0.15, 0.2) is 12.2 Å². The lowest BCUT2D eigenvalue weighted by Gasteiger charge is -2.43. The highest BCUT2D eigenvalue weighted by Crippen LogP contribution is 2.36. The Hall–Kier alpha value is -0.340. The van der Waals surface area contributed by atoms with Gasteiger partial charge in [-0.1, -0.05) is 26.0 Å². The van der Waals surface area contributed by atoms with Crippen molar-refractivity contribution in [3.8, 4) is 0 Å². The number of likely N-dealkylation sites (N-methyl/N-ethyl adjacent to an activating group) is 1. The summed E-state index contributed by atoms with van der Waals surface area (Å²) in [4.78, 5) is 2.36. The van der Waals surface area contributed by atoms with Crippen LogP contribution in [-0.2, 0) is 0 Å². The van der Waals surface area contributed by atoms with Gasteiger partial charge in [-0.25, -0.2) is 0 Å². The minimum atomic E-state index is -0.133. The van der Waals surface area contributed by atoms with Crippen molar-refractivity contribution in [2.24, 2.45) is 11.8 Å². The van der Waals surface area contributed by atoms with E-state index < -0.39 is 0 Å². The number of aliphatic hydroxyl groups is 1. The normalized spacial score (nSPS) is 53.2. The molecule has 0 radical (unpaired) electrons. The zero-order valence-corrected chi connectivity index (χ0v) is 7.94. The van der Waals surface area contributed by atoms with Crippen LogP contribution >= 0.6 is 0 Å². The number of hydrogen-bond donors (Lipinski definition) is 1. The molecule has 0 aromatic carbocycles. The topological polar surface area (TPSA) is 23.5 Å². The Morgan fingerprint density at radius 2 is 1.50 bits per heavy atom. The maximum Gasteiger partial charge on any atom is 0.0627 e. The number of rotatable bonds is 0. The molecule has 1 N–H and O–H groups in total. The van der Waals surface area contributed by atoms with Crippen LogP contribution in [0.1, 0.15) is 13.8 Å². The molecule has 1 saturated heterocycles. The molecule has 2 aliphatic rings. The summed E-state index contributed by atoms with van der Waals surface area (Å²) in [5.41, 5.74) is 0. The summed E-state index contributed by atoms with van der Waals surface area (Å²) in [5, 5.41) is 9.88. The molecule has 2 aliphatic heterocycles. The molecule has 0 spiro atoms. The van der Waals surface area contributed by atoms with Crippen molar-refractivity contribution in [1.82, 2.24) is 4.90 Å². The molecule has 2 rings (SSSR count). The highest BCUT2D eigenvalue weighted by atomic mass is 16.3. The minimum absolute atomic E-state index is 0.133. The minimum Gasteiger partial charge on any atom is -0.392 e. The van der Waals surface area contributed by atoms with Gasteiger partial charge in [-0.05, 0) is 7.05 Å². The Morgan fingerprint density at radius 1 is 1.08 bits per heavy atom. The van der Waals surface area contributed by atoms with Gasteiger partial charge in [0.2, 0.25) is 0 Å². The molecule has 0 amide bonds. The summed E-state index contributed by atoms with van der Waals surface area (Å²) < 4.78 is 0. The van der Waals surface area contributed by atoms with Crippen LogP contribution in [0.2, 0.25) is 0 Å². The number of hydrogen-bond acceptors (Lipinski definition) is 2. The Kier molecular flexibility index (Phi) is 1.77. The SMILES string of the molecule is C[C@@H]1C(O)[C@H](C)C2C=CC1N2C. The Balaban J connectivity index is 2.28. The maximum absolute atomic E-state index is 9.88. The first-order chi connectivity index (χ1) is 5.63. The second-order valence-electron chi connectivity index (χ2n) is 4.24. The maximum atomic E-state index is 9.88. The van der Waals surface area contributed by atoms with Crippen LogP contribution in [0, 0.1) is 11.8 Å². The van der Waals surface area contributed by atoms with E-state index in [1.165, 1.54) is 0 Å². The van der Waals surface area contributed by atoms with Crippen LogP contribution in [0.3, 0.4) is 0 Å². The van der Waals surface area contributed by atoms with Crippen molar-refractivity contribution in [3.63, 3.8) is 0 Å². The Labute approximate surface area is 73.9 Å². The highest BCUT2D eigenvalue weighted by Gasteiger charge is 2.44. The van der Waals surface area contributed by atoms with Crippen molar-refractivity contribution in [2.45, 2.75) is 32.0 Å². The van der Waals surface area contributed by atoms with E-state index in [4.69, 9.17) is 0 Å². The smallest absolute Gasteiger partial charge is 0.0627 e. The van der Waals surface area contributed by atoms with Crippen LogP contribution in [0.4, 0.5) is 0 Å². The molecule has 12 heavy (non-hydrogen) atoms. The van der Waals surface area contributed by atoms with Gasteiger partial charge in [-0.2, -0.15) is 0 Å². The standard InChI is InChI=1S/C10H17NO/c1-6-8-4-5-9(11(8)3)7(2)10(6)12/h4-10,12H,1-3H3/t6-,7+,8?,9?,10?. The molecule has 0 aromatic heterocycles. The van der Waals surface area contributed by atoms with E-state index in [1.807, 2.05) is 0 Å². The summed E-state index contributed by atoms with van der Waals surface area (Å²) >= 11 is 0. The van der Waals surface area contributed by atoms with Crippen molar-refractivity contribution < 1.29 is 5.11 Å². The Morgan fingerprint density at radius 3 is 1.92 bits per heavy atom. The molecule has 0 saturated carbocycles. The summed E-state index contributed by atoms with van der Waals surface area (Å²) in [6, 6.07) is 0.919. The largest absolute Gasteiger partial charge is 0.392 e. The van der Waals surface area contributed by atoms with Crippen LogP contribution in [0.5, 0.6) is 0 Å². The van der Waals surface area contributed by atoms with Crippen molar-refractivity contribution in [1.29, 1.82) is 0 Å². The molecule has 0 aromatic rings. The van der Waals surface area contributed by atoms with Gasteiger partial charge in [0.05, 0.1) is 6.10 Å². The molecule has 5 atom stereocenters. The van der Waals surface area contributed by atoms with Gasteiger partial charge in [-0.3, -0.25) is 4.90 Å². The summed E-state index contributed by atoms with van der Waals surface area (Å²) in [5.74, 6) is 0.750. The quantitative estimate of drug-likeness (QED) is 0.541. The van der Waals surface area contributed by atoms with E-state index in [2.05, 4.69) is 37.9 Å². The van der Waals surface area contributed by atoms with Gasteiger partial charge in [0.25, 0.3) is 0 Å². The lowest BCUT2D eigenvalue weighted by molar-refractivity contribution is -0.0339. The molecule has 1 fully saturated rings. The molecule has 68 valence electrons. The van der Waals surface area contributed by atoms with E-state index >= 15 is 0 Å². The first kappa shape index (κ1) is 8.27. The highest BCUT2D eigenvalue weighted by molar-refractivity contribution is 5.17. The monoisotopic (exact) mass is 167 g/mol. The average Bonchev–Trinajstić information content (AvgIpc) is 2.38. The Bertz CT molecular complexity index is 194. The predicted molar refractivity (Wildman–Crippen MR) is 48.8 cm³/mol. The average molecular weight is 167 g/mol. The third-order valence-electron chi connectivity index (χ3n) is 3.60. The number of fused-ring (bicyclic) bond motifs is 2. The lowest BCUT2D eigenvalue weighted by atomic mass is 9.82. The lowest BCUT2D eigenvalue weighted by Crippen LogP contribution is -2.53. The third-order valence-corrected chi connectivity index (χ3v) is 3.60. The van der Waals surface area contributed by atoms with Gasteiger partial charge in [-0.15, -0.1) is 0 Å². The number of nitrogens with zero attached hydrogens (tertiary/aromatic N) is 1. The van der Waals surface area contributed by atoms with Gasteiger partial charge in [0, 0.05) is 23.9 Å². The first-order valence-corrected chi connectivity index (χ1v) is 4.71. The zero-order valence-electron chi connectivity index (χ0n) is 7.94. The fraction of sp³-hybridized carbons (Fsp3) is 0.800. The van der Waals surface area contributed by atoms with Gasteiger partial charge in [0.15, 0.2) is 0 Å². The molecular formula is C10H17NO. The van der Waals surface area contributed by atoms with Crippen molar-refractivity contribution >= 4 is 0 Å². The zero-order chi connectivity index (χ0) is 8.88. The van der Waals surface area contributed by atoms with Gasteiger partial charge < -0.3 is 5.11 Å². The van der Waals surface area contributed by atoms with Gasteiger partial charge >= 0.3 is 0 Å². The first-order valence-electron chi connectivity index (χ1n) is 4.71. The predicted octanol–water partition coefficient (Wildman–Crippen LogP) is 0.872. The summed E-state index contributed by atoms with van der Waals surface area (Å²) in [6.45, 7) is 4.27. The summed E-state index contributed by atoms with van der Waals surface area (Å²) in [7, 11) is 2.15. The molecule has 2 heteroatoms. The third kappa shape index (κ3) is 0.882. The molecule has 2 nitrogen and oxygen atoms in total. The van der Waals surface area contributed by atoms with Crippen LogP contribution in [-0.4, -0.2) is 35.2 Å². The second-order valence-corrected chi connectivity index (χ2v) is 4.24. The molecule has 3 unspecified atom stereocenters. The molecule has 2 heterocycles. The van der Waals surface area contributed by atoms with Crippen molar-refractivity contribution in [3.05, 3.63) is 12.2 Å². The molecule has 0 aliphatic carbocycles. The fourth-order valence-electron chi connectivity index (χ4n) is 2.67. The fourth-order valence-corrected chi connectivity index (χ4v) is 2.67. The van der Waals surface area contributed by atoms with Crippen LogP contribution < -0.4 is 0 Å². The van der Waals surface area contributed by atoms with E-state index in [1.54, 1.807) is 0 Å². The molecular weight excluding hydrogens is 150 g/mol. The van der Waals surface area contributed by atoms with Crippen LogP contribution in [0.25, 0.3) is 0 Å². The molecule has 2 bridgehead atoms. The van der Waals surface area contributed by atoms with E-state index in [9.17, 15) is 5.11 Å². The number of aliphatic hydroxyl groups excluding tert-OH is 1. The summed E-state index contributed by atoms with van der Waals surface area (Å²) in [6.07, 6.45) is 4.34.